The number of anilines is 1. The molecule has 1 N–H and O–H groups in total. The van der Waals surface area contributed by atoms with Crippen molar-refractivity contribution in [3.8, 4) is 11.4 Å². The molecule has 26 heavy (non-hydrogen) atoms. The number of methoxy groups -OCH3 is 1. The fourth-order valence-corrected chi connectivity index (χ4v) is 3.33. The summed E-state index contributed by atoms with van der Waals surface area (Å²) in [4.78, 5) is 12.2. The maximum absolute atomic E-state index is 12.2. The molecule has 0 saturated heterocycles. The van der Waals surface area contributed by atoms with Crippen LogP contribution in [0.2, 0.25) is 10.0 Å². The summed E-state index contributed by atoms with van der Waals surface area (Å²) in [5.74, 6) is 0.715. The van der Waals surface area contributed by atoms with Crippen LogP contribution in [0.1, 0.15) is 0 Å². The summed E-state index contributed by atoms with van der Waals surface area (Å²) >= 11 is 13.2. The van der Waals surface area contributed by atoms with Gasteiger partial charge in [-0.3, -0.25) is 9.36 Å². The standard InChI is InChI=1S/C17H14Cl2N4O2S/c1-25-13-5-3-12(4-6-13)23-10-20-22-17(23)26-9-16(24)21-15-7-2-11(18)8-14(15)19/h2-8,10H,9H2,1H3,(H,21,24). The Morgan fingerprint density at radius 1 is 1.23 bits per heavy atom. The van der Waals surface area contributed by atoms with Crippen molar-refractivity contribution in [2.75, 3.05) is 18.2 Å². The lowest BCUT2D eigenvalue weighted by atomic mass is 10.3. The van der Waals surface area contributed by atoms with Gasteiger partial charge in [0.05, 0.1) is 23.6 Å². The van der Waals surface area contributed by atoms with Gasteiger partial charge in [-0.05, 0) is 42.5 Å². The normalized spacial score (nSPS) is 10.6. The predicted octanol–water partition coefficient (Wildman–Crippen LogP) is 4.31. The first kappa shape index (κ1) is 18.6. The first-order valence-corrected chi connectivity index (χ1v) is 9.23. The number of benzene rings is 2. The lowest BCUT2D eigenvalue weighted by Crippen LogP contribution is -2.14. The fraction of sp³-hybridized carbons (Fsp3) is 0.118. The largest absolute Gasteiger partial charge is 0.497 e. The van der Waals surface area contributed by atoms with Crippen molar-refractivity contribution in [1.82, 2.24) is 14.8 Å². The maximum atomic E-state index is 12.2. The highest BCUT2D eigenvalue weighted by Gasteiger charge is 2.12. The Hall–Kier alpha value is -2.22. The number of thioether (sulfide) groups is 1. The quantitative estimate of drug-likeness (QED) is 0.615. The van der Waals surface area contributed by atoms with Gasteiger partial charge >= 0.3 is 0 Å². The van der Waals surface area contributed by atoms with Crippen molar-refractivity contribution >= 4 is 46.6 Å². The Kier molecular flexibility index (Phi) is 6.03. The highest BCUT2D eigenvalue weighted by Crippen LogP contribution is 2.26. The van der Waals surface area contributed by atoms with Gasteiger partial charge in [0, 0.05) is 10.7 Å². The van der Waals surface area contributed by atoms with Crippen LogP contribution < -0.4 is 10.1 Å². The average Bonchev–Trinajstić information content (AvgIpc) is 3.11. The number of nitrogens with zero attached hydrogens (tertiary/aromatic N) is 3. The SMILES string of the molecule is COc1ccc(-n2cnnc2SCC(=O)Nc2ccc(Cl)cc2Cl)cc1. The minimum absolute atomic E-state index is 0.161. The van der Waals surface area contributed by atoms with Gasteiger partial charge in [-0.15, -0.1) is 10.2 Å². The topological polar surface area (TPSA) is 69.0 Å². The zero-order valence-corrected chi connectivity index (χ0v) is 16.0. The molecular formula is C17H14Cl2N4O2S. The van der Waals surface area contributed by atoms with Crippen LogP contribution in [0, 0.1) is 0 Å². The van der Waals surface area contributed by atoms with Gasteiger partial charge in [0.15, 0.2) is 5.16 Å². The number of carbonyl (C=O) groups excluding carboxylic acids is 1. The van der Waals surface area contributed by atoms with Gasteiger partial charge in [0.1, 0.15) is 12.1 Å². The number of halogens is 2. The minimum atomic E-state index is -0.205. The van der Waals surface area contributed by atoms with E-state index < -0.39 is 0 Å². The molecule has 0 radical (unpaired) electrons. The first-order valence-electron chi connectivity index (χ1n) is 7.49. The molecule has 0 aliphatic heterocycles. The number of carbonyl (C=O) groups is 1. The molecule has 1 amide bonds. The molecule has 3 aromatic rings. The minimum Gasteiger partial charge on any atom is -0.497 e. The van der Waals surface area contributed by atoms with E-state index >= 15 is 0 Å². The Morgan fingerprint density at radius 2 is 2.00 bits per heavy atom. The third kappa shape index (κ3) is 4.49. The second-order valence-corrected chi connectivity index (χ2v) is 6.93. The van der Waals surface area contributed by atoms with E-state index in [9.17, 15) is 4.79 Å². The summed E-state index contributed by atoms with van der Waals surface area (Å²) in [6.07, 6.45) is 1.60. The number of amides is 1. The third-order valence-corrected chi connectivity index (χ3v) is 4.90. The molecule has 134 valence electrons. The summed E-state index contributed by atoms with van der Waals surface area (Å²) in [5.41, 5.74) is 1.39. The van der Waals surface area contributed by atoms with E-state index in [-0.39, 0.29) is 11.7 Å². The molecule has 0 aliphatic carbocycles. The van der Waals surface area contributed by atoms with Crippen LogP contribution in [-0.2, 0) is 4.79 Å². The molecule has 0 bridgehead atoms. The monoisotopic (exact) mass is 408 g/mol. The smallest absolute Gasteiger partial charge is 0.234 e. The van der Waals surface area contributed by atoms with Crippen LogP contribution >= 0.6 is 35.0 Å². The van der Waals surface area contributed by atoms with Gasteiger partial charge in [0.2, 0.25) is 5.91 Å². The van der Waals surface area contributed by atoms with Gasteiger partial charge in [-0.2, -0.15) is 0 Å². The number of hydrogen-bond donors (Lipinski definition) is 1. The molecule has 0 atom stereocenters. The lowest BCUT2D eigenvalue weighted by molar-refractivity contribution is -0.113. The highest BCUT2D eigenvalue weighted by molar-refractivity contribution is 7.99. The molecule has 6 nitrogen and oxygen atoms in total. The fourth-order valence-electron chi connectivity index (χ4n) is 2.15. The van der Waals surface area contributed by atoms with Gasteiger partial charge < -0.3 is 10.1 Å². The Balaban J connectivity index is 1.64. The van der Waals surface area contributed by atoms with Gasteiger partial charge in [-0.1, -0.05) is 35.0 Å². The van der Waals surface area contributed by atoms with Crippen LogP contribution in [0.4, 0.5) is 5.69 Å². The molecule has 0 spiro atoms. The maximum Gasteiger partial charge on any atom is 0.234 e. The van der Waals surface area contributed by atoms with Crippen LogP contribution in [0.25, 0.3) is 5.69 Å². The Morgan fingerprint density at radius 3 is 2.69 bits per heavy atom. The van der Waals surface area contributed by atoms with Crippen LogP contribution in [0.3, 0.4) is 0 Å². The molecule has 0 fully saturated rings. The molecule has 1 heterocycles. The van der Waals surface area contributed by atoms with E-state index in [2.05, 4.69) is 15.5 Å². The zero-order valence-electron chi connectivity index (χ0n) is 13.6. The van der Waals surface area contributed by atoms with Gasteiger partial charge in [-0.25, -0.2) is 0 Å². The van der Waals surface area contributed by atoms with Crippen LogP contribution in [0.15, 0.2) is 53.9 Å². The predicted molar refractivity (Wildman–Crippen MR) is 104 cm³/mol. The van der Waals surface area contributed by atoms with Crippen LogP contribution in [0.5, 0.6) is 5.75 Å². The summed E-state index contributed by atoms with van der Waals surface area (Å²) in [6.45, 7) is 0. The number of nitrogens with one attached hydrogen (secondary N) is 1. The van der Waals surface area contributed by atoms with E-state index in [1.807, 2.05) is 24.3 Å². The number of ether oxygens (including phenoxy) is 1. The van der Waals surface area contributed by atoms with E-state index in [1.165, 1.54) is 11.8 Å². The molecule has 1 aromatic heterocycles. The number of aromatic nitrogens is 3. The van der Waals surface area contributed by atoms with Crippen molar-refractivity contribution in [1.29, 1.82) is 0 Å². The summed E-state index contributed by atoms with van der Waals surface area (Å²) in [5, 5.41) is 12.2. The summed E-state index contributed by atoms with van der Waals surface area (Å²) in [6, 6.07) is 12.4. The third-order valence-electron chi connectivity index (χ3n) is 3.40. The van der Waals surface area contributed by atoms with Gasteiger partial charge in [0.25, 0.3) is 0 Å². The molecular weight excluding hydrogens is 395 g/mol. The van der Waals surface area contributed by atoms with Crippen molar-refractivity contribution in [3.05, 3.63) is 58.8 Å². The molecule has 2 aromatic carbocycles. The second kappa shape index (κ2) is 8.44. The molecule has 0 saturated carbocycles. The lowest BCUT2D eigenvalue weighted by Gasteiger charge is -2.09. The first-order chi connectivity index (χ1) is 12.6. The zero-order chi connectivity index (χ0) is 18.5. The van der Waals surface area contributed by atoms with Crippen LogP contribution in [-0.4, -0.2) is 33.5 Å². The molecule has 0 aliphatic rings. The highest BCUT2D eigenvalue weighted by atomic mass is 35.5. The Labute approximate surface area is 164 Å². The number of hydrogen-bond acceptors (Lipinski definition) is 5. The average molecular weight is 409 g/mol. The summed E-state index contributed by atoms with van der Waals surface area (Å²) in [7, 11) is 1.61. The summed E-state index contributed by atoms with van der Waals surface area (Å²) < 4.78 is 6.95. The Bertz CT molecular complexity index is 915. The molecule has 0 unspecified atom stereocenters. The van der Waals surface area contributed by atoms with Crippen molar-refractivity contribution in [3.63, 3.8) is 0 Å². The van der Waals surface area contributed by atoms with Crippen molar-refractivity contribution < 1.29 is 9.53 Å². The molecule has 3 rings (SSSR count). The second-order valence-electron chi connectivity index (χ2n) is 5.14. The number of rotatable bonds is 6. The van der Waals surface area contributed by atoms with E-state index in [0.717, 1.165) is 11.4 Å². The van der Waals surface area contributed by atoms with E-state index in [1.54, 1.807) is 36.2 Å². The molecule has 9 heteroatoms. The van der Waals surface area contributed by atoms with Crippen molar-refractivity contribution in [2.24, 2.45) is 0 Å². The van der Waals surface area contributed by atoms with E-state index in [4.69, 9.17) is 27.9 Å². The van der Waals surface area contributed by atoms with Crippen molar-refractivity contribution in [2.45, 2.75) is 5.16 Å². The van der Waals surface area contributed by atoms with E-state index in [0.29, 0.717) is 20.9 Å².